The number of hydrogen-bond donors (Lipinski definition) is 0. The molecular weight excluding hydrogens is 356 g/mol. The van der Waals surface area contributed by atoms with Gasteiger partial charge in [0.1, 0.15) is 0 Å². The van der Waals surface area contributed by atoms with Gasteiger partial charge >= 0.3 is 0 Å². The molecule has 1 saturated heterocycles. The van der Waals surface area contributed by atoms with Gasteiger partial charge in [-0.05, 0) is 63.7 Å². The molecule has 2 fully saturated rings. The van der Waals surface area contributed by atoms with Crippen molar-refractivity contribution in [2.24, 2.45) is 5.92 Å². The SMILES string of the molecule is Cc1ccc(CN2CCC3(CC2)CN(C)C(=O)c2cn(CC4CC4)nc23)s1. The van der Waals surface area contributed by atoms with Gasteiger partial charge in [0.25, 0.3) is 5.91 Å². The monoisotopic (exact) mass is 384 g/mol. The molecule has 3 aliphatic rings. The summed E-state index contributed by atoms with van der Waals surface area (Å²) in [6.45, 7) is 7.16. The lowest BCUT2D eigenvalue weighted by atomic mass is 9.72. The Labute approximate surface area is 165 Å². The highest BCUT2D eigenvalue weighted by atomic mass is 32.1. The van der Waals surface area contributed by atoms with Crippen molar-refractivity contribution in [1.29, 1.82) is 0 Å². The van der Waals surface area contributed by atoms with Gasteiger partial charge in [0.2, 0.25) is 0 Å². The molecule has 6 heteroatoms. The third kappa shape index (κ3) is 3.23. The van der Waals surface area contributed by atoms with Crippen molar-refractivity contribution >= 4 is 17.2 Å². The van der Waals surface area contributed by atoms with Crippen molar-refractivity contribution in [2.75, 3.05) is 26.7 Å². The maximum Gasteiger partial charge on any atom is 0.257 e. The van der Waals surface area contributed by atoms with Crippen LogP contribution in [0, 0.1) is 12.8 Å². The topological polar surface area (TPSA) is 41.4 Å². The van der Waals surface area contributed by atoms with Gasteiger partial charge in [-0.2, -0.15) is 5.10 Å². The molecule has 1 amide bonds. The molecule has 5 nitrogen and oxygen atoms in total. The molecule has 2 aliphatic heterocycles. The van der Waals surface area contributed by atoms with Gasteiger partial charge in [-0.25, -0.2) is 0 Å². The highest BCUT2D eigenvalue weighted by Gasteiger charge is 2.46. The standard InChI is InChI=1S/C21H28N4OS/c1-15-3-6-17(27-15)12-24-9-7-21(8-10-24)14-23(2)20(26)18-13-25(22-19(18)21)11-16-4-5-16/h3,6,13,16H,4-5,7-12,14H2,1-2H3. The number of nitrogens with zero attached hydrogens (tertiary/aromatic N) is 4. The van der Waals surface area contributed by atoms with Crippen LogP contribution in [0.2, 0.25) is 0 Å². The van der Waals surface area contributed by atoms with E-state index in [4.69, 9.17) is 5.10 Å². The molecule has 4 heterocycles. The lowest BCUT2D eigenvalue weighted by molar-refractivity contribution is 0.0629. The zero-order valence-electron chi connectivity index (χ0n) is 16.3. The number of thiophene rings is 1. The Morgan fingerprint density at radius 3 is 2.70 bits per heavy atom. The van der Waals surface area contributed by atoms with Crippen LogP contribution in [-0.2, 0) is 18.5 Å². The fourth-order valence-corrected chi connectivity index (χ4v) is 5.69. The fourth-order valence-electron chi connectivity index (χ4n) is 4.76. The van der Waals surface area contributed by atoms with Gasteiger partial charge in [0, 0.05) is 48.0 Å². The number of aryl methyl sites for hydroxylation is 1. The average molecular weight is 385 g/mol. The Morgan fingerprint density at radius 2 is 2.04 bits per heavy atom. The van der Waals surface area contributed by atoms with Gasteiger partial charge in [0.05, 0.1) is 11.3 Å². The van der Waals surface area contributed by atoms with Crippen molar-refractivity contribution in [3.63, 3.8) is 0 Å². The molecule has 27 heavy (non-hydrogen) atoms. The van der Waals surface area contributed by atoms with E-state index in [1.54, 1.807) is 0 Å². The number of piperidine rings is 1. The van der Waals surface area contributed by atoms with Crippen molar-refractivity contribution in [1.82, 2.24) is 19.6 Å². The summed E-state index contributed by atoms with van der Waals surface area (Å²) in [5.41, 5.74) is 1.97. The Morgan fingerprint density at radius 1 is 1.26 bits per heavy atom. The molecule has 0 atom stereocenters. The van der Waals surface area contributed by atoms with E-state index in [0.29, 0.717) is 0 Å². The van der Waals surface area contributed by atoms with E-state index >= 15 is 0 Å². The first kappa shape index (κ1) is 17.4. The number of likely N-dealkylation sites (N-methyl/N-ethyl adjacent to an activating group) is 1. The number of likely N-dealkylation sites (tertiary alicyclic amines) is 1. The van der Waals surface area contributed by atoms with E-state index in [9.17, 15) is 4.79 Å². The van der Waals surface area contributed by atoms with Gasteiger partial charge < -0.3 is 4.90 Å². The van der Waals surface area contributed by atoms with Crippen LogP contribution in [0.1, 0.15) is 51.5 Å². The number of amides is 1. The second kappa shape index (κ2) is 6.45. The normalized spacial score (nSPS) is 22.4. The first-order valence-corrected chi connectivity index (χ1v) is 11.0. The molecule has 2 aromatic rings. The molecule has 0 N–H and O–H groups in total. The summed E-state index contributed by atoms with van der Waals surface area (Å²) in [5, 5.41) is 4.96. The summed E-state index contributed by atoms with van der Waals surface area (Å²) < 4.78 is 2.06. The number of carbonyl (C=O) groups excluding carboxylic acids is 1. The predicted molar refractivity (Wildman–Crippen MR) is 107 cm³/mol. The van der Waals surface area contributed by atoms with Crippen molar-refractivity contribution in [3.05, 3.63) is 39.3 Å². The number of carbonyl (C=O) groups is 1. The van der Waals surface area contributed by atoms with Crippen molar-refractivity contribution in [3.8, 4) is 0 Å². The Kier molecular flexibility index (Phi) is 4.17. The Bertz CT molecular complexity index is 857. The summed E-state index contributed by atoms with van der Waals surface area (Å²) in [6, 6.07) is 4.47. The number of rotatable bonds is 4. The van der Waals surface area contributed by atoms with Crippen LogP contribution in [-0.4, -0.2) is 52.2 Å². The maximum atomic E-state index is 12.7. The van der Waals surface area contributed by atoms with Crippen LogP contribution in [0.4, 0.5) is 0 Å². The van der Waals surface area contributed by atoms with Gasteiger partial charge in [-0.1, -0.05) is 0 Å². The molecule has 1 spiro atoms. The van der Waals surface area contributed by atoms with Crippen LogP contribution in [0.15, 0.2) is 18.3 Å². The summed E-state index contributed by atoms with van der Waals surface area (Å²) in [4.78, 5) is 20.1. The predicted octanol–water partition coefficient (Wildman–Crippen LogP) is 3.28. The molecule has 1 aliphatic carbocycles. The van der Waals surface area contributed by atoms with E-state index in [0.717, 1.165) is 62.7 Å². The minimum atomic E-state index is 0.0364. The van der Waals surface area contributed by atoms with E-state index in [1.165, 1.54) is 22.6 Å². The number of hydrogen-bond acceptors (Lipinski definition) is 4. The van der Waals surface area contributed by atoms with Crippen molar-refractivity contribution < 1.29 is 4.79 Å². The molecule has 0 unspecified atom stereocenters. The lowest BCUT2D eigenvalue weighted by Crippen LogP contribution is -2.53. The van der Waals surface area contributed by atoms with Crippen LogP contribution in [0.3, 0.4) is 0 Å². The highest BCUT2D eigenvalue weighted by Crippen LogP contribution is 2.41. The van der Waals surface area contributed by atoms with Gasteiger partial charge in [-0.3, -0.25) is 14.4 Å². The van der Waals surface area contributed by atoms with E-state index in [2.05, 4.69) is 28.6 Å². The first-order chi connectivity index (χ1) is 13.0. The van der Waals surface area contributed by atoms with E-state index in [-0.39, 0.29) is 11.3 Å². The molecule has 0 bridgehead atoms. The van der Waals surface area contributed by atoms with Gasteiger partial charge in [0.15, 0.2) is 0 Å². The molecular formula is C21H28N4OS. The number of aromatic nitrogens is 2. The minimum absolute atomic E-state index is 0.0364. The minimum Gasteiger partial charge on any atom is -0.341 e. The van der Waals surface area contributed by atoms with E-state index in [1.807, 2.05) is 29.5 Å². The highest BCUT2D eigenvalue weighted by molar-refractivity contribution is 7.11. The van der Waals surface area contributed by atoms with Gasteiger partial charge in [-0.15, -0.1) is 11.3 Å². The summed E-state index contributed by atoms with van der Waals surface area (Å²) in [6.07, 6.45) is 6.81. The zero-order chi connectivity index (χ0) is 18.6. The Balaban J connectivity index is 1.36. The van der Waals surface area contributed by atoms with Crippen molar-refractivity contribution in [2.45, 2.75) is 51.1 Å². The first-order valence-electron chi connectivity index (χ1n) is 10.1. The van der Waals surface area contributed by atoms with Crippen LogP contribution in [0.25, 0.3) is 0 Å². The molecule has 1 saturated carbocycles. The van der Waals surface area contributed by atoms with Crippen LogP contribution >= 0.6 is 11.3 Å². The fraction of sp³-hybridized carbons (Fsp3) is 0.619. The molecule has 2 aromatic heterocycles. The van der Waals surface area contributed by atoms with Crippen LogP contribution < -0.4 is 0 Å². The largest absolute Gasteiger partial charge is 0.341 e. The molecule has 0 aromatic carbocycles. The van der Waals surface area contributed by atoms with Crippen LogP contribution in [0.5, 0.6) is 0 Å². The Hall–Kier alpha value is -1.66. The molecule has 0 radical (unpaired) electrons. The summed E-state index contributed by atoms with van der Waals surface area (Å²) >= 11 is 1.90. The summed E-state index contributed by atoms with van der Waals surface area (Å²) in [7, 11) is 1.95. The maximum absolute atomic E-state index is 12.7. The third-order valence-corrected chi connectivity index (χ3v) is 7.50. The lowest BCUT2D eigenvalue weighted by Gasteiger charge is -2.45. The average Bonchev–Trinajstić information content (AvgIpc) is 3.19. The molecule has 5 rings (SSSR count). The second-order valence-electron chi connectivity index (χ2n) is 8.79. The second-order valence-corrected chi connectivity index (χ2v) is 10.2. The van der Waals surface area contributed by atoms with E-state index < -0.39 is 0 Å². The number of fused-ring (bicyclic) bond motifs is 2. The molecule has 144 valence electrons. The summed E-state index contributed by atoms with van der Waals surface area (Å²) in [5.74, 6) is 0.917. The third-order valence-electron chi connectivity index (χ3n) is 6.51. The zero-order valence-corrected chi connectivity index (χ0v) is 17.1. The smallest absolute Gasteiger partial charge is 0.257 e. The quantitative estimate of drug-likeness (QED) is 0.812.